The molecule has 2 heteroatoms. The lowest BCUT2D eigenvalue weighted by Crippen LogP contribution is -2.30. The van der Waals surface area contributed by atoms with Crippen LogP contribution in [0.5, 0.6) is 0 Å². The van der Waals surface area contributed by atoms with Crippen LogP contribution >= 0.6 is 0 Å². The van der Waals surface area contributed by atoms with Crippen molar-refractivity contribution < 1.29 is 4.39 Å². The van der Waals surface area contributed by atoms with Crippen LogP contribution in [0.15, 0.2) is 36.9 Å². The van der Waals surface area contributed by atoms with E-state index >= 15 is 0 Å². The summed E-state index contributed by atoms with van der Waals surface area (Å²) in [5, 5.41) is 3.59. The Bertz CT molecular complexity index is 345. The number of halogens is 1. The van der Waals surface area contributed by atoms with Gasteiger partial charge >= 0.3 is 0 Å². The summed E-state index contributed by atoms with van der Waals surface area (Å²) in [6.07, 6.45) is 6.32. The highest BCUT2D eigenvalue weighted by Crippen LogP contribution is 2.21. The zero-order valence-corrected chi connectivity index (χ0v) is 11.5. The summed E-state index contributed by atoms with van der Waals surface area (Å²) in [6.45, 7) is 8.11. The molecule has 0 bridgehead atoms. The van der Waals surface area contributed by atoms with Crippen molar-refractivity contribution in [1.82, 2.24) is 5.32 Å². The summed E-state index contributed by atoms with van der Waals surface area (Å²) in [6, 6.07) is 7.53. The molecule has 100 valence electrons. The van der Waals surface area contributed by atoms with Gasteiger partial charge in [0.05, 0.1) is 0 Å². The second-order valence-electron chi connectivity index (χ2n) is 4.84. The van der Waals surface area contributed by atoms with Gasteiger partial charge in [-0.3, -0.25) is 0 Å². The predicted octanol–water partition coefficient (Wildman–Crippen LogP) is 4.61. The van der Waals surface area contributed by atoms with Crippen molar-refractivity contribution in [1.29, 1.82) is 0 Å². The number of unbranched alkanes of at least 4 members (excludes halogenated alkanes) is 1. The Labute approximate surface area is 110 Å². The maximum absolute atomic E-state index is 13.0. The summed E-state index contributed by atoms with van der Waals surface area (Å²) in [5.41, 5.74) is 1.17. The number of nitrogens with one attached hydrogen (secondary N) is 1. The second kappa shape index (κ2) is 8.04. The van der Waals surface area contributed by atoms with Crippen LogP contribution in [0.4, 0.5) is 4.39 Å². The Morgan fingerprint density at radius 3 is 2.56 bits per heavy atom. The van der Waals surface area contributed by atoms with E-state index in [1.54, 1.807) is 0 Å². The standard InChI is InChI=1S/C16H24FN/c1-4-6-8-16(18-13(3)7-5-2)14-9-11-15(17)12-10-14/h5,9-13,16,18H,2,4,6-8H2,1,3H3. The Morgan fingerprint density at radius 2 is 2.00 bits per heavy atom. The molecule has 2 unspecified atom stereocenters. The van der Waals surface area contributed by atoms with Gasteiger partial charge in [0.2, 0.25) is 0 Å². The van der Waals surface area contributed by atoms with Crippen LogP contribution in [0.25, 0.3) is 0 Å². The normalized spacial score (nSPS) is 14.2. The van der Waals surface area contributed by atoms with E-state index in [9.17, 15) is 4.39 Å². The molecule has 0 heterocycles. The lowest BCUT2D eigenvalue weighted by atomic mass is 10.00. The Hall–Kier alpha value is -1.15. The third kappa shape index (κ3) is 5.01. The molecule has 18 heavy (non-hydrogen) atoms. The largest absolute Gasteiger partial charge is 0.307 e. The van der Waals surface area contributed by atoms with Crippen LogP contribution < -0.4 is 5.32 Å². The zero-order chi connectivity index (χ0) is 13.4. The lowest BCUT2D eigenvalue weighted by Gasteiger charge is -2.23. The Kier molecular flexibility index (Phi) is 6.66. The predicted molar refractivity (Wildman–Crippen MR) is 76.1 cm³/mol. The van der Waals surface area contributed by atoms with Crippen molar-refractivity contribution in [3.05, 3.63) is 48.3 Å². The molecule has 1 aromatic carbocycles. The van der Waals surface area contributed by atoms with Crippen molar-refractivity contribution in [3.8, 4) is 0 Å². The molecule has 1 N–H and O–H groups in total. The van der Waals surface area contributed by atoms with E-state index in [0.29, 0.717) is 12.1 Å². The quantitative estimate of drug-likeness (QED) is 0.663. The average Bonchev–Trinajstić information content (AvgIpc) is 2.36. The number of hydrogen-bond donors (Lipinski definition) is 1. The van der Waals surface area contributed by atoms with Gasteiger partial charge in [0.15, 0.2) is 0 Å². The van der Waals surface area contributed by atoms with E-state index in [-0.39, 0.29) is 5.82 Å². The molecule has 0 fully saturated rings. The van der Waals surface area contributed by atoms with Crippen LogP contribution in [0.1, 0.15) is 51.1 Å². The second-order valence-corrected chi connectivity index (χ2v) is 4.84. The fourth-order valence-corrected chi connectivity index (χ4v) is 2.11. The monoisotopic (exact) mass is 249 g/mol. The third-order valence-corrected chi connectivity index (χ3v) is 3.12. The minimum Gasteiger partial charge on any atom is -0.307 e. The molecule has 1 aromatic rings. The minimum absolute atomic E-state index is 0.174. The van der Waals surface area contributed by atoms with Gasteiger partial charge in [0.1, 0.15) is 5.82 Å². The molecular formula is C16H24FN. The molecular weight excluding hydrogens is 225 g/mol. The van der Waals surface area contributed by atoms with Crippen molar-refractivity contribution >= 4 is 0 Å². The summed E-state index contributed by atoms with van der Waals surface area (Å²) in [5.74, 6) is -0.174. The molecule has 0 radical (unpaired) electrons. The van der Waals surface area contributed by atoms with Crippen molar-refractivity contribution in [2.45, 2.75) is 51.6 Å². The molecule has 0 aromatic heterocycles. The van der Waals surface area contributed by atoms with Gasteiger partial charge in [-0.25, -0.2) is 4.39 Å². The first kappa shape index (κ1) is 14.9. The summed E-state index contributed by atoms with van der Waals surface area (Å²) < 4.78 is 13.0. The minimum atomic E-state index is -0.174. The van der Waals surface area contributed by atoms with E-state index in [1.165, 1.54) is 30.5 Å². The molecule has 0 saturated heterocycles. The number of benzene rings is 1. The van der Waals surface area contributed by atoms with Crippen LogP contribution in [0.3, 0.4) is 0 Å². The number of hydrogen-bond acceptors (Lipinski definition) is 1. The van der Waals surface area contributed by atoms with Gasteiger partial charge in [-0.15, -0.1) is 6.58 Å². The molecule has 1 nitrogen and oxygen atoms in total. The molecule has 0 aliphatic rings. The zero-order valence-electron chi connectivity index (χ0n) is 11.5. The average molecular weight is 249 g/mol. The van der Waals surface area contributed by atoms with Gasteiger partial charge in [-0.05, 0) is 37.5 Å². The highest BCUT2D eigenvalue weighted by molar-refractivity contribution is 5.20. The topological polar surface area (TPSA) is 12.0 Å². The maximum atomic E-state index is 13.0. The highest BCUT2D eigenvalue weighted by Gasteiger charge is 2.13. The summed E-state index contributed by atoms with van der Waals surface area (Å²) in [4.78, 5) is 0. The van der Waals surface area contributed by atoms with E-state index in [1.807, 2.05) is 18.2 Å². The third-order valence-electron chi connectivity index (χ3n) is 3.12. The maximum Gasteiger partial charge on any atom is 0.123 e. The Balaban J connectivity index is 2.70. The smallest absolute Gasteiger partial charge is 0.123 e. The highest BCUT2D eigenvalue weighted by atomic mass is 19.1. The molecule has 0 spiro atoms. The van der Waals surface area contributed by atoms with Gasteiger partial charge in [-0.2, -0.15) is 0 Å². The van der Waals surface area contributed by atoms with Crippen molar-refractivity contribution in [2.75, 3.05) is 0 Å². The fourth-order valence-electron chi connectivity index (χ4n) is 2.11. The van der Waals surface area contributed by atoms with E-state index in [4.69, 9.17) is 0 Å². The first-order valence-corrected chi connectivity index (χ1v) is 6.79. The van der Waals surface area contributed by atoms with Gasteiger partial charge in [-0.1, -0.05) is 38.0 Å². The van der Waals surface area contributed by atoms with E-state index < -0.39 is 0 Å². The molecule has 1 rings (SSSR count). The summed E-state index contributed by atoms with van der Waals surface area (Å²) in [7, 11) is 0. The van der Waals surface area contributed by atoms with Crippen molar-refractivity contribution in [2.24, 2.45) is 0 Å². The van der Waals surface area contributed by atoms with Gasteiger partial charge in [0.25, 0.3) is 0 Å². The summed E-state index contributed by atoms with van der Waals surface area (Å²) >= 11 is 0. The molecule has 0 saturated carbocycles. The van der Waals surface area contributed by atoms with E-state index in [0.717, 1.165) is 12.8 Å². The van der Waals surface area contributed by atoms with Gasteiger partial charge in [0, 0.05) is 12.1 Å². The molecule has 0 aliphatic heterocycles. The fraction of sp³-hybridized carbons (Fsp3) is 0.500. The van der Waals surface area contributed by atoms with Crippen LogP contribution in [0, 0.1) is 5.82 Å². The van der Waals surface area contributed by atoms with Crippen LogP contribution in [-0.2, 0) is 0 Å². The SMILES string of the molecule is C=CCC(C)NC(CCCC)c1ccc(F)cc1. The van der Waals surface area contributed by atoms with E-state index in [2.05, 4.69) is 25.7 Å². The molecule has 0 aliphatic carbocycles. The first-order valence-electron chi connectivity index (χ1n) is 6.79. The molecule has 0 amide bonds. The first-order chi connectivity index (χ1) is 8.67. The number of rotatable bonds is 8. The Morgan fingerprint density at radius 1 is 1.33 bits per heavy atom. The van der Waals surface area contributed by atoms with Gasteiger partial charge < -0.3 is 5.32 Å². The van der Waals surface area contributed by atoms with Crippen LogP contribution in [0.2, 0.25) is 0 Å². The van der Waals surface area contributed by atoms with Crippen LogP contribution in [-0.4, -0.2) is 6.04 Å². The lowest BCUT2D eigenvalue weighted by molar-refractivity contribution is 0.424. The van der Waals surface area contributed by atoms with Crippen molar-refractivity contribution in [3.63, 3.8) is 0 Å². The molecule has 2 atom stereocenters.